The Hall–Kier alpha value is -0.780. The van der Waals surface area contributed by atoms with Crippen LogP contribution in [0.1, 0.15) is 19.4 Å². The van der Waals surface area contributed by atoms with Crippen LogP contribution in [0.2, 0.25) is 0 Å². The predicted octanol–water partition coefficient (Wildman–Crippen LogP) is 2.84. The molecule has 3 nitrogen and oxygen atoms in total. The molecule has 0 spiro atoms. The highest BCUT2D eigenvalue weighted by atomic mass is 127. The molecule has 0 aliphatic heterocycles. The van der Waals surface area contributed by atoms with Crippen molar-refractivity contribution in [1.29, 1.82) is 0 Å². The van der Waals surface area contributed by atoms with Gasteiger partial charge >= 0.3 is 5.97 Å². The summed E-state index contributed by atoms with van der Waals surface area (Å²) < 4.78 is 6.53. The Morgan fingerprint density at radius 3 is 2.60 bits per heavy atom. The van der Waals surface area contributed by atoms with Gasteiger partial charge in [0.2, 0.25) is 0 Å². The van der Waals surface area contributed by atoms with E-state index in [4.69, 9.17) is 9.84 Å². The van der Waals surface area contributed by atoms with Crippen LogP contribution in [-0.4, -0.2) is 16.7 Å². The summed E-state index contributed by atoms with van der Waals surface area (Å²) in [5.41, 5.74) is -0.234. The van der Waals surface area contributed by atoms with Crippen LogP contribution in [0.5, 0.6) is 5.75 Å². The van der Waals surface area contributed by atoms with Crippen molar-refractivity contribution in [1.82, 2.24) is 0 Å². The number of hydrogen-bond acceptors (Lipinski definition) is 2. The minimum atomic E-state index is -1.20. The van der Waals surface area contributed by atoms with Gasteiger partial charge in [0.05, 0.1) is 0 Å². The van der Waals surface area contributed by atoms with Crippen molar-refractivity contribution in [3.8, 4) is 5.75 Å². The molecular weight excluding hydrogens is 307 g/mol. The van der Waals surface area contributed by atoms with E-state index in [0.717, 1.165) is 9.13 Å². The van der Waals surface area contributed by atoms with E-state index in [1.54, 1.807) is 6.07 Å². The maximum atomic E-state index is 10.9. The van der Waals surface area contributed by atoms with Crippen molar-refractivity contribution in [2.75, 3.05) is 0 Å². The quantitative estimate of drug-likeness (QED) is 0.871. The number of hydrogen-bond donors (Lipinski definition) is 1. The lowest BCUT2D eigenvalue weighted by Gasteiger charge is -2.22. The highest BCUT2D eigenvalue weighted by Crippen LogP contribution is 2.26. The molecule has 1 aromatic carbocycles. The van der Waals surface area contributed by atoms with Crippen LogP contribution in [0.25, 0.3) is 0 Å². The predicted molar refractivity (Wildman–Crippen MR) is 66.2 cm³/mol. The van der Waals surface area contributed by atoms with Gasteiger partial charge in [-0.3, -0.25) is 0 Å². The van der Waals surface area contributed by atoms with Gasteiger partial charge in [0.15, 0.2) is 5.60 Å². The van der Waals surface area contributed by atoms with Crippen molar-refractivity contribution < 1.29 is 14.6 Å². The van der Waals surface area contributed by atoms with Gasteiger partial charge in [-0.05, 0) is 55.5 Å². The van der Waals surface area contributed by atoms with Gasteiger partial charge in [-0.2, -0.15) is 0 Å². The average Bonchev–Trinajstić information content (AvgIpc) is 2.12. The molecule has 0 aliphatic rings. The number of halogens is 1. The van der Waals surface area contributed by atoms with Crippen LogP contribution in [0.3, 0.4) is 0 Å². The Kier molecular flexibility index (Phi) is 3.59. The molecule has 0 saturated heterocycles. The van der Waals surface area contributed by atoms with Crippen molar-refractivity contribution in [3.63, 3.8) is 0 Å². The normalized spacial score (nSPS) is 11.2. The summed E-state index contributed by atoms with van der Waals surface area (Å²) in [5, 5.41) is 8.94. The summed E-state index contributed by atoms with van der Waals surface area (Å²) in [6, 6.07) is 5.58. The summed E-state index contributed by atoms with van der Waals surface area (Å²) in [5.74, 6) is -0.352. The van der Waals surface area contributed by atoms with Crippen molar-refractivity contribution >= 4 is 28.6 Å². The van der Waals surface area contributed by atoms with Crippen LogP contribution in [0.4, 0.5) is 0 Å². The minimum Gasteiger partial charge on any atom is -0.478 e. The first-order chi connectivity index (χ1) is 6.84. The molecule has 1 aromatic rings. The smallest absolute Gasteiger partial charge is 0.347 e. The molecule has 0 aromatic heterocycles. The summed E-state index contributed by atoms with van der Waals surface area (Å²) in [7, 11) is 0. The van der Waals surface area contributed by atoms with Crippen molar-refractivity contribution in [3.05, 3.63) is 27.3 Å². The van der Waals surface area contributed by atoms with E-state index in [2.05, 4.69) is 22.6 Å². The number of ether oxygens (including phenoxy) is 1. The van der Waals surface area contributed by atoms with E-state index in [0.29, 0.717) is 5.75 Å². The fraction of sp³-hybridized carbons (Fsp3) is 0.364. The molecule has 0 amide bonds. The van der Waals surface area contributed by atoms with Crippen LogP contribution in [0, 0.1) is 10.5 Å². The lowest BCUT2D eigenvalue weighted by Crippen LogP contribution is -2.38. The molecule has 1 rings (SSSR count). The first kappa shape index (κ1) is 12.3. The van der Waals surface area contributed by atoms with E-state index < -0.39 is 11.6 Å². The molecule has 15 heavy (non-hydrogen) atoms. The molecule has 0 bridgehead atoms. The van der Waals surface area contributed by atoms with Gasteiger partial charge < -0.3 is 9.84 Å². The number of carboxylic acid groups (broad SMARTS) is 1. The SMILES string of the molecule is Cc1c(I)cccc1OC(C)(C)C(=O)O. The number of carboxylic acids is 1. The second kappa shape index (κ2) is 4.38. The molecule has 4 heteroatoms. The Labute approximate surface area is 103 Å². The van der Waals surface area contributed by atoms with Gasteiger partial charge in [-0.15, -0.1) is 0 Å². The highest BCUT2D eigenvalue weighted by Gasteiger charge is 2.29. The summed E-state index contributed by atoms with van der Waals surface area (Å²) in [4.78, 5) is 10.9. The van der Waals surface area contributed by atoms with Crippen LogP contribution in [0.15, 0.2) is 18.2 Å². The standard InChI is InChI=1S/C11H13IO3/c1-7-8(12)5-4-6-9(7)15-11(2,3)10(13)14/h4-6H,1-3H3,(H,13,14). The Morgan fingerprint density at radius 2 is 2.07 bits per heavy atom. The molecule has 1 N–H and O–H groups in total. The monoisotopic (exact) mass is 320 g/mol. The van der Waals surface area contributed by atoms with E-state index in [1.165, 1.54) is 13.8 Å². The lowest BCUT2D eigenvalue weighted by molar-refractivity contribution is -0.152. The zero-order valence-electron chi connectivity index (χ0n) is 8.87. The zero-order valence-corrected chi connectivity index (χ0v) is 11.0. The third kappa shape index (κ3) is 2.84. The zero-order chi connectivity index (χ0) is 11.6. The first-order valence-electron chi connectivity index (χ1n) is 4.52. The Bertz CT molecular complexity index is 385. The second-order valence-corrected chi connectivity index (χ2v) is 4.94. The maximum Gasteiger partial charge on any atom is 0.347 e. The molecule has 0 radical (unpaired) electrons. The number of benzene rings is 1. The lowest BCUT2D eigenvalue weighted by atomic mass is 10.1. The fourth-order valence-corrected chi connectivity index (χ4v) is 1.49. The Morgan fingerprint density at radius 1 is 1.47 bits per heavy atom. The van der Waals surface area contributed by atoms with Gasteiger partial charge in [-0.1, -0.05) is 6.07 Å². The molecular formula is C11H13IO3. The number of carbonyl (C=O) groups is 1. The van der Waals surface area contributed by atoms with Crippen molar-refractivity contribution in [2.24, 2.45) is 0 Å². The average molecular weight is 320 g/mol. The molecule has 0 saturated carbocycles. The van der Waals surface area contributed by atoms with E-state index in [9.17, 15) is 4.79 Å². The second-order valence-electron chi connectivity index (χ2n) is 3.78. The van der Waals surface area contributed by atoms with E-state index in [-0.39, 0.29) is 0 Å². The molecule has 82 valence electrons. The minimum absolute atomic E-state index is 0.620. The summed E-state index contributed by atoms with van der Waals surface area (Å²) in [6.07, 6.45) is 0. The topological polar surface area (TPSA) is 46.5 Å². The van der Waals surface area contributed by atoms with Gasteiger partial charge in [0.1, 0.15) is 5.75 Å². The van der Waals surface area contributed by atoms with Crippen LogP contribution in [-0.2, 0) is 4.79 Å². The highest BCUT2D eigenvalue weighted by molar-refractivity contribution is 14.1. The molecule has 0 atom stereocenters. The van der Waals surface area contributed by atoms with Crippen molar-refractivity contribution in [2.45, 2.75) is 26.4 Å². The van der Waals surface area contributed by atoms with Gasteiger partial charge in [0.25, 0.3) is 0 Å². The Balaban J connectivity index is 3.00. The maximum absolute atomic E-state index is 10.9. The van der Waals surface area contributed by atoms with E-state index >= 15 is 0 Å². The third-order valence-electron chi connectivity index (χ3n) is 2.10. The molecule has 0 fully saturated rings. The van der Waals surface area contributed by atoms with Crippen LogP contribution < -0.4 is 4.74 Å². The molecule has 0 heterocycles. The largest absolute Gasteiger partial charge is 0.478 e. The first-order valence-corrected chi connectivity index (χ1v) is 5.60. The fourth-order valence-electron chi connectivity index (χ4n) is 1.02. The van der Waals surface area contributed by atoms with Gasteiger partial charge in [0, 0.05) is 9.13 Å². The molecule has 0 aliphatic carbocycles. The van der Waals surface area contributed by atoms with E-state index in [1.807, 2.05) is 19.1 Å². The van der Waals surface area contributed by atoms with Gasteiger partial charge in [-0.25, -0.2) is 4.79 Å². The molecule has 0 unspecified atom stereocenters. The number of aliphatic carboxylic acids is 1. The van der Waals surface area contributed by atoms with Crippen LogP contribution >= 0.6 is 22.6 Å². The third-order valence-corrected chi connectivity index (χ3v) is 3.27. The summed E-state index contributed by atoms with van der Waals surface area (Å²) >= 11 is 2.19. The summed E-state index contributed by atoms with van der Waals surface area (Å²) in [6.45, 7) is 4.98. The number of rotatable bonds is 3.